The maximum Gasteiger partial charge on any atom is 0.321 e. The summed E-state index contributed by atoms with van der Waals surface area (Å²) in [6.07, 6.45) is 5.16. The van der Waals surface area contributed by atoms with Gasteiger partial charge in [0.15, 0.2) is 0 Å². The zero-order chi connectivity index (χ0) is 16.4. The molecule has 1 aromatic carbocycles. The van der Waals surface area contributed by atoms with Crippen LogP contribution in [0.1, 0.15) is 25.7 Å². The second-order valence-electron chi connectivity index (χ2n) is 6.93. The molecule has 2 fully saturated rings. The molecule has 5 nitrogen and oxygen atoms in total. The fourth-order valence-corrected chi connectivity index (χ4v) is 4.52. The number of piperidine rings is 1. The number of fused-ring (bicyclic) bond motifs is 1. The van der Waals surface area contributed by atoms with E-state index in [1.54, 1.807) is 11.3 Å². The largest absolute Gasteiger partial charge is 0.324 e. The number of rotatable bonds is 3. The Hall–Kier alpha value is -1.66. The first-order valence-corrected chi connectivity index (χ1v) is 9.77. The van der Waals surface area contributed by atoms with Crippen LogP contribution in [0.25, 0.3) is 10.2 Å². The number of urea groups is 1. The van der Waals surface area contributed by atoms with E-state index in [2.05, 4.69) is 15.2 Å². The molecule has 0 unspecified atom stereocenters. The van der Waals surface area contributed by atoms with Crippen molar-refractivity contribution in [2.45, 2.75) is 25.7 Å². The fourth-order valence-electron chi connectivity index (χ4n) is 3.81. The van der Waals surface area contributed by atoms with E-state index in [0.717, 1.165) is 42.0 Å². The number of aromatic nitrogens is 1. The number of thiazole rings is 1. The number of carbonyl (C=O) groups is 1. The van der Waals surface area contributed by atoms with E-state index >= 15 is 0 Å². The summed E-state index contributed by atoms with van der Waals surface area (Å²) in [7, 11) is 0. The van der Waals surface area contributed by atoms with Gasteiger partial charge in [-0.2, -0.15) is 0 Å². The van der Waals surface area contributed by atoms with Gasteiger partial charge < -0.3 is 15.1 Å². The van der Waals surface area contributed by atoms with Crippen molar-refractivity contribution in [2.75, 3.05) is 38.0 Å². The summed E-state index contributed by atoms with van der Waals surface area (Å²) in [4.78, 5) is 21.3. The molecule has 1 N–H and O–H groups in total. The van der Waals surface area contributed by atoms with Gasteiger partial charge in [-0.1, -0.05) is 6.42 Å². The Morgan fingerprint density at radius 1 is 1.25 bits per heavy atom. The molecule has 2 aliphatic rings. The third-order valence-electron chi connectivity index (χ3n) is 5.12. The Bertz CT molecular complexity index is 710. The predicted molar refractivity (Wildman–Crippen MR) is 98.6 cm³/mol. The molecule has 4 rings (SSSR count). The molecule has 128 valence electrons. The molecule has 6 heteroatoms. The highest BCUT2D eigenvalue weighted by Crippen LogP contribution is 2.24. The van der Waals surface area contributed by atoms with Crippen LogP contribution in [-0.2, 0) is 0 Å². The molecule has 0 aliphatic carbocycles. The van der Waals surface area contributed by atoms with Gasteiger partial charge in [0.2, 0.25) is 0 Å². The topological polar surface area (TPSA) is 48.5 Å². The van der Waals surface area contributed by atoms with E-state index in [0.29, 0.717) is 5.92 Å². The van der Waals surface area contributed by atoms with Gasteiger partial charge in [0.05, 0.1) is 15.7 Å². The average Bonchev–Trinajstić information content (AvgIpc) is 3.24. The van der Waals surface area contributed by atoms with Crippen molar-refractivity contribution < 1.29 is 4.79 Å². The van der Waals surface area contributed by atoms with Crippen molar-refractivity contribution in [2.24, 2.45) is 5.92 Å². The highest BCUT2D eigenvalue weighted by atomic mass is 32.1. The van der Waals surface area contributed by atoms with E-state index < -0.39 is 0 Å². The van der Waals surface area contributed by atoms with Crippen molar-refractivity contribution in [1.29, 1.82) is 0 Å². The second-order valence-corrected chi connectivity index (χ2v) is 7.81. The van der Waals surface area contributed by atoms with E-state index in [4.69, 9.17) is 0 Å². The number of hydrogen-bond acceptors (Lipinski definition) is 4. The van der Waals surface area contributed by atoms with Gasteiger partial charge in [-0.3, -0.25) is 0 Å². The minimum absolute atomic E-state index is 0.0278. The first-order valence-electron chi connectivity index (χ1n) is 8.89. The standard InChI is InChI=1S/C18H24N4OS/c23-18(20-15-4-5-16-17(10-15)24-13-19-16)22-9-6-14(12-22)11-21-7-2-1-3-8-21/h4-5,10,13-14H,1-3,6-9,11-12H2,(H,20,23)/t14-/m1/s1. The van der Waals surface area contributed by atoms with E-state index in [9.17, 15) is 4.79 Å². The third kappa shape index (κ3) is 3.54. The first-order chi connectivity index (χ1) is 11.8. The predicted octanol–water partition coefficient (Wildman–Crippen LogP) is 3.64. The number of anilines is 1. The molecule has 1 aromatic heterocycles. The molecule has 2 aliphatic heterocycles. The van der Waals surface area contributed by atoms with E-state index in [1.807, 2.05) is 28.6 Å². The number of nitrogens with one attached hydrogen (secondary N) is 1. The van der Waals surface area contributed by atoms with E-state index in [-0.39, 0.29) is 6.03 Å². The first kappa shape index (κ1) is 15.8. The minimum atomic E-state index is 0.0278. The van der Waals surface area contributed by atoms with Crippen LogP contribution in [0.3, 0.4) is 0 Å². The van der Waals surface area contributed by atoms with Crippen molar-refractivity contribution in [3.05, 3.63) is 23.7 Å². The van der Waals surface area contributed by atoms with E-state index in [1.165, 1.54) is 32.4 Å². The monoisotopic (exact) mass is 344 g/mol. The molecule has 24 heavy (non-hydrogen) atoms. The highest BCUT2D eigenvalue weighted by molar-refractivity contribution is 7.16. The fraction of sp³-hybridized carbons (Fsp3) is 0.556. The van der Waals surface area contributed by atoms with Crippen LogP contribution in [-0.4, -0.2) is 53.5 Å². The zero-order valence-electron chi connectivity index (χ0n) is 13.9. The second kappa shape index (κ2) is 7.07. The number of benzene rings is 1. The summed E-state index contributed by atoms with van der Waals surface area (Å²) in [6, 6.07) is 5.93. The van der Waals surface area contributed by atoms with Crippen molar-refractivity contribution >= 4 is 33.3 Å². The summed E-state index contributed by atoms with van der Waals surface area (Å²) < 4.78 is 1.11. The molecule has 0 bridgehead atoms. The summed E-state index contributed by atoms with van der Waals surface area (Å²) in [5.74, 6) is 0.623. The molecule has 3 heterocycles. The van der Waals surface area contributed by atoms with Crippen LogP contribution >= 0.6 is 11.3 Å². The molecule has 2 aromatic rings. The minimum Gasteiger partial charge on any atom is -0.324 e. The molecule has 2 saturated heterocycles. The van der Waals surface area contributed by atoms with Gasteiger partial charge in [-0.15, -0.1) is 11.3 Å². The quantitative estimate of drug-likeness (QED) is 0.925. The molecule has 0 radical (unpaired) electrons. The van der Waals surface area contributed by atoms with Crippen LogP contribution in [0.4, 0.5) is 10.5 Å². The molecular weight excluding hydrogens is 320 g/mol. The zero-order valence-corrected chi connectivity index (χ0v) is 14.7. The Kier molecular flexibility index (Phi) is 4.67. The van der Waals surface area contributed by atoms with Crippen LogP contribution in [0.5, 0.6) is 0 Å². The number of hydrogen-bond donors (Lipinski definition) is 1. The van der Waals surface area contributed by atoms with Gasteiger partial charge >= 0.3 is 6.03 Å². The van der Waals surface area contributed by atoms with Crippen LogP contribution in [0.15, 0.2) is 23.7 Å². The van der Waals surface area contributed by atoms with Gasteiger partial charge in [0.1, 0.15) is 0 Å². The average molecular weight is 344 g/mol. The smallest absolute Gasteiger partial charge is 0.321 e. The van der Waals surface area contributed by atoms with Crippen molar-refractivity contribution in [1.82, 2.24) is 14.8 Å². The van der Waals surface area contributed by atoms with Crippen LogP contribution in [0.2, 0.25) is 0 Å². The third-order valence-corrected chi connectivity index (χ3v) is 5.91. The Morgan fingerprint density at radius 2 is 2.12 bits per heavy atom. The SMILES string of the molecule is O=C(Nc1ccc2ncsc2c1)N1CC[C@H](CN2CCCCC2)C1. The number of nitrogens with zero attached hydrogens (tertiary/aromatic N) is 3. The summed E-state index contributed by atoms with van der Waals surface area (Å²) >= 11 is 1.60. The summed E-state index contributed by atoms with van der Waals surface area (Å²) in [6.45, 7) is 5.37. The normalized spacial score (nSPS) is 22.2. The molecule has 0 saturated carbocycles. The summed E-state index contributed by atoms with van der Waals surface area (Å²) in [5, 5.41) is 3.04. The van der Waals surface area contributed by atoms with Gasteiger partial charge in [-0.05, 0) is 56.5 Å². The Morgan fingerprint density at radius 3 is 3.00 bits per heavy atom. The summed E-state index contributed by atoms with van der Waals surface area (Å²) in [5.41, 5.74) is 3.68. The maximum absolute atomic E-state index is 12.5. The van der Waals surface area contributed by atoms with Gasteiger partial charge in [0, 0.05) is 25.3 Å². The Labute approximate surface area is 146 Å². The van der Waals surface area contributed by atoms with Crippen LogP contribution in [0, 0.1) is 5.92 Å². The lowest BCUT2D eigenvalue weighted by Gasteiger charge is -2.29. The lowest BCUT2D eigenvalue weighted by molar-refractivity contribution is 0.192. The van der Waals surface area contributed by atoms with Gasteiger partial charge in [0.25, 0.3) is 0 Å². The number of carbonyl (C=O) groups excluding carboxylic acids is 1. The van der Waals surface area contributed by atoms with Gasteiger partial charge in [-0.25, -0.2) is 9.78 Å². The lowest BCUT2D eigenvalue weighted by atomic mass is 10.1. The molecular formula is C18H24N4OS. The lowest BCUT2D eigenvalue weighted by Crippen LogP contribution is -2.37. The van der Waals surface area contributed by atoms with Crippen molar-refractivity contribution in [3.63, 3.8) is 0 Å². The molecule has 1 atom stereocenters. The molecule has 0 spiro atoms. The Balaban J connectivity index is 1.31. The van der Waals surface area contributed by atoms with Crippen LogP contribution < -0.4 is 5.32 Å². The number of amides is 2. The molecule has 2 amide bonds. The number of likely N-dealkylation sites (tertiary alicyclic amines) is 2. The van der Waals surface area contributed by atoms with Crippen molar-refractivity contribution in [3.8, 4) is 0 Å². The highest BCUT2D eigenvalue weighted by Gasteiger charge is 2.28. The maximum atomic E-state index is 12.5.